The predicted octanol–water partition coefficient (Wildman–Crippen LogP) is 4.26. The SMILES string of the molecule is CC(C)(C)C1CCC(=O)C(Cc2ccccc2)C1. The molecule has 0 heterocycles. The summed E-state index contributed by atoms with van der Waals surface area (Å²) in [7, 11) is 0. The molecule has 0 bridgehead atoms. The number of hydrogen-bond acceptors (Lipinski definition) is 1. The maximum Gasteiger partial charge on any atom is 0.136 e. The molecule has 1 aromatic rings. The lowest BCUT2D eigenvalue weighted by Crippen LogP contribution is -2.33. The summed E-state index contributed by atoms with van der Waals surface area (Å²) in [5.41, 5.74) is 1.63. The van der Waals surface area contributed by atoms with E-state index in [-0.39, 0.29) is 5.92 Å². The van der Waals surface area contributed by atoms with Gasteiger partial charge >= 0.3 is 0 Å². The monoisotopic (exact) mass is 244 g/mol. The first-order valence-electron chi connectivity index (χ1n) is 7.03. The van der Waals surface area contributed by atoms with Crippen LogP contribution in [0.5, 0.6) is 0 Å². The van der Waals surface area contributed by atoms with Crippen LogP contribution >= 0.6 is 0 Å². The first-order valence-corrected chi connectivity index (χ1v) is 7.03. The molecule has 0 N–H and O–H groups in total. The average Bonchev–Trinajstić information content (AvgIpc) is 2.32. The summed E-state index contributed by atoms with van der Waals surface area (Å²) in [6.07, 6.45) is 3.84. The molecule has 1 heteroatoms. The maximum atomic E-state index is 12.1. The minimum Gasteiger partial charge on any atom is -0.299 e. The fourth-order valence-corrected chi connectivity index (χ4v) is 3.00. The first-order chi connectivity index (χ1) is 8.47. The zero-order valence-electron chi connectivity index (χ0n) is 11.8. The Kier molecular flexibility index (Phi) is 3.89. The van der Waals surface area contributed by atoms with Gasteiger partial charge in [0.1, 0.15) is 5.78 Å². The zero-order valence-corrected chi connectivity index (χ0v) is 11.8. The van der Waals surface area contributed by atoms with Crippen molar-refractivity contribution in [1.82, 2.24) is 0 Å². The van der Waals surface area contributed by atoms with Gasteiger partial charge in [0, 0.05) is 12.3 Å². The molecule has 1 aliphatic carbocycles. The molecule has 1 fully saturated rings. The highest BCUT2D eigenvalue weighted by molar-refractivity contribution is 5.82. The normalized spacial score (nSPS) is 25.2. The molecule has 0 aliphatic heterocycles. The number of rotatable bonds is 2. The molecule has 1 saturated carbocycles. The standard InChI is InChI=1S/C17H24O/c1-17(2,3)15-9-10-16(18)14(12-15)11-13-7-5-4-6-8-13/h4-8,14-15H,9-12H2,1-3H3. The molecule has 2 unspecified atom stereocenters. The van der Waals surface area contributed by atoms with Crippen molar-refractivity contribution >= 4 is 5.78 Å². The van der Waals surface area contributed by atoms with Crippen molar-refractivity contribution in [3.63, 3.8) is 0 Å². The van der Waals surface area contributed by atoms with E-state index >= 15 is 0 Å². The van der Waals surface area contributed by atoms with Gasteiger partial charge < -0.3 is 0 Å². The van der Waals surface area contributed by atoms with Gasteiger partial charge in [-0.25, -0.2) is 0 Å². The zero-order chi connectivity index (χ0) is 13.2. The van der Waals surface area contributed by atoms with Crippen LogP contribution in [0.15, 0.2) is 30.3 Å². The second-order valence-corrected chi connectivity index (χ2v) is 6.69. The molecule has 0 spiro atoms. The van der Waals surface area contributed by atoms with Crippen LogP contribution < -0.4 is 0 Å². The maximum absolute atomic E-state index is 12.1. The summed E-state index contributed by atoms with van der Waals surface area (Å²) in [5.74, 6) is 1.40. The van der Waals surface area contributed by atoms with Crippen molar-refractivity contribution < 1.29 is 4.79 Å². The van der Waals surface area contributed by atoms with Crippen LogP contribution in [-0.2, 0) is 11.2 Å². The summed E-state index contributed by atoms with van der Waals surface area (Å²) < 4.78 is 0. The summed E-state index contributed by atoms with van der Waals surface area (Å²) in [5, 5.41) is 0. The van der Waals surface area contributed by atoms with E-state index in [1.807, 2.05) is 6.07 Å². The summed E-state index contributed by atoms with van der Waals surface area (Å²) >= 11 is 0. The van der Waals surface area contributed by atoms with E-state index in [9.17, 15) is 4.79 Å². The molecular weight excluding hydrogens is 220 g/mol. The van der Waals surface area contributed by atoms with Crippen molar-refractivity contribution in [2.24, 2.45) is 17.3 Å². The number of ketones is 1. The highest BCUT2D eigenvalue weighted by Gasteiger charge is 2.34. The number of carbonyl (C=O) groups excluding carboxylic acids is 1. The molecule has 98 valence electrons. The Balaban J connectivity index is 2.05. The molecule has 1 aliphatic rings. The van der Waals surface area contributed by atoms with E-state index in [0.29, 0.717) is 17.1 Å². The summed E-state index contributed by atoms with van der Waals surface area (Å²) in [4.78, 5) is 12.1. The Morgan fingerprint density at radius 2 is 1.83 bits per heavy atom. The number of benzene rings is 1. The molecule has 2 rings (SSSR count). The average molecular weight is 244 g/mol. The van der Waals surface area contributed by atoms with Gasteiger partial charge in [0.25, 0.3) is 0 Å². The molecule has 0 saturated heterocycles. The van der Waals surface area contributed by atoms with E-state index in [1.165, 1.54) is 5.56 Å². The number of hydrogen-bond donors (Lipinski definition) is 0. The highest BCUT2D eigenvalue weighted by atomic mass is 16.1. The largest absolute Gasteiger partial charge is 0.299 e. The van der Waals surface area contributed by atoms with E-state index in [0.717, 1.165) is 25.7 Å². The van der Waals surface area contributed by atoms with Crippen LogP contribution in [0.3, 0.4) is 0 Å². The first kappa shape index (κ1) is 13.3. The third-order valence-electron chi connectivity index (χ3n) is 4.31. The van der Waals surface area contributed by atoms with Crippen LogP contribution in [-0.4, -0.2) is 5.78 Å². The van der Waals surface area contributed by atoms with Crippen molar-refractivity contribution in [1.29, 1.82) is 0 Å². The van der Waals surface area contributed by atoms with E-state index in [4.69, 9.17) is 0 Å². The van der Waals surface area contributed by atoms with Gasteiger partial charge in [-0.05, 0) is 36.2 Å². The lowest BCUT2D eigenvalue weighted by Gasteiger charge is -2.37. The van der Waals surface area contributed by atoms with Crippen LogP contribution in [0, 0.1) is 17.3 Å². The van der Waals surface area contributed by atoms with Crippen molar-refractivity contribution in [2.45, 2.75) is 46.5 Å². The topological polar surface area (TPSA) is 17.1 Å². The smallest absolute Gasteiger partial charge is 0.136 e. The molecule has 0 amide bonds. The van der Waals surface area contributed by atoms with Gasteiger partial charge in [-0.15, -0.1) is 0 Å². The Labute approximate surface area is 111 Å². The fourth-order valence-electron chi connectivity index (χ4n) is 3.00. The van der Waals surface area contributed by atoms with E-state index in [1.54, 1.807) is 0 Å². The fraction of sp³-hybridized carbons (Fsp3) is 0.588. The van der Waals surface area contributed by atoms with Gasteiger partial charge in [0.15, 0.2) is 0 Å². The Bertz CT molecular complexity index is 399. The van der Waals surface area contributed by atoms with E-state index in [2.05, 4.69) is 45.0 Å². The number of carbonyl (C=O) groups is 1. The molecule has 1 aromatic carbocycles. The Hall–Kier alpha value is -1.11. The third kappa shape index (κ3) is 3.22. The molecule has 0 radical (unpaired) electrons. The molecular formula is C17H24O. The minimum atomic E-state index is 0.241. The van der Waals surface area contributed by atoms with E-state index < -0.39 is 0 Å². The number of Topliss-reactive ketones (excluding diaryl/α,β-unsaturated/α-hetero) is 1. The van der Waals surface area contributed by atoms with Crippen LogP contribution in [0.25, 0.3) is 0 Å². The Morgan fingerprint density at radius 3 is 2.44 bits per heavy atom. The third-order valence-corrected chi connectivity index (χ3v) is 4.31. The second kappa shape index (κ2) is 5.26. The minimum absolute atomic E-state index is 0.241. The van der Waals surface area contributed by atoms with Gasteiger partial charge in [0.05, 0.1) is 0 Å². The van der Waals surface area contributed by atoms with Gasteiger partial charge in [-0.2, -0.15) is 0 Å². The van der Waals surface area contributed by atoms with Crippen LogP contribution in [0.2, 0.25) is 0 Å². The molecule has 18 heavy (non-hydrogen) atoms. The van der Waals surface area contributed by atoms with Crippen LogP contribution in [0.1, 0.15) is 45.6 Å². The van der Waals surface area contributed by atoms with Crippen LogP contribution in [0.4, 0.5) is 0 Å². The van der Waals surface area contributed by atoms with Gasteiger partial charge in [-0.1, -0.05) is 51.1 Å². The molecule has 1 nitrogen and oxygen atoms in total. The van der Waals surface area contributed by atoms with Crippen molar-refractivity contribution in [2.75, 3.05) is 0 Å². The van der Waals surface area contributed by atoms with Crippen molar-refractivity contribution in [3.8, 4) is 0 Å². The lowest BCUT2D eigenvalue weighted by atomic mass is 9.67. The lowest BCUT2D eigenvalue weighted by molar-refractivity contribution is -0.126. The second-order valence-electron chi connectivity index (χ2n) is 6.69. The molecule has 0 aromatic heterocycles. The molecule has 2 atom stereocenters. The van der Waals surface area contributed by atoms with Crippen molar-refractivity contribution in [3.05, 3.63) is 35.9 Å². The van der Waals surface area contributed by atoms with Gasteiger partial charge in [-0.3, -0.25) is 4.79 Å². The summed E-state index contributed by atoms with van der Waals surface area (Å²) in [6, 6.07) is 10.4. The summed E-state index contributed by atoms with van der Waals surface area (Å²) in [6.45, 7) is 6.90. The quantitative estimate of drug-likeness (QED) is 0.759. The predicted molar refractivity (Wildman–Crippen MR) is 75.4 cm³/mol. The van der Waals surface area contributed by atoms with Gasteiger partial charge in [0.2, 0.25) is 0 Å². The Morgan fingerprint density at radius 1 is 1.17 bits per heavy atom. The highest BCUT2D eigenvalue weighted by Crippen LogP contribution is 2.39.